The Hall–Kier alpha value is -1.71. The van der Waals surface area contributed by atoms with Gasteiger partial charge in [-0.1, -0.05) is 30.3 Å². The molecule has 0 radical (unpaired) electrons. The van der Waals surface area contributed by atoms with E-state index in [1.807, 2.05) is 19.1 Å². The molecule has 1 aliphatic carbocycles. The summed E-state index contributed by atoms with van der Waals surface area (Å²) in [5.41, 5.74) is 9.68. The van der Waals surface area contributed by atoms with E-state index in [0.29, 0.717) is 6.54 Å². The summed E-state index contributed by atoms with van der Waals surface area (Å²) >= 11 is 0. The summed E-state index contributed by atoms with van der Waals surface area (Å²) in [7, 11) is 0. The van der Waals surface area contributed by atoms with Crippen molar-refractivity contribution in [2.45, 2.75) is 25.9 Å². The molecule has 0 bridgehead atoms. The van der Waals surface area contributed by atoms with Crippen LogP contribution in [0.4, 0.5) is 4.39 Å². The number of nitrogens with two attached hydrogens (primary N) is 1. The van der Waals surface area contributed by atoms with Crippen molar-refractivity contribution in [3.63, 3.8) is 0 Å². The molecular formula is C18H20FNO. The van der Waals surface area contributed by atoms with Crippen LogP contribution in [-0.4, -0.2) is 11.7 Å². The monoisotopic (exact) mass is 285 g/mol. The predicted molar refractivity (Wildman–Crippen MR) is 81.4 cm³/mol. The molecule has 0 amide bonds. The molecule has 1 atom stereocenters. The molecule has 3 rings (SSSR count). The molecule has 2 aromatic rings. The first-order valence-electron chi connectivity index (χ1n) is 7.27. The van der Waals surface area contributed by atoms with Gasteiger partial charge in [-0.05, 0) is 54.2 Å². The van der Waals surface area contributed by atoms with Crippen LogP contribution in [0.15, 0.2) is 42.5 Å². The molecule has 0 aliphatic heterocycles. The standard InChI is InChI=1S/C18H20FNO/c1-12-8-15(19)6-7-16(12)17(21)18(11-20)9-13-4-2-3-5-14(13)10-18/h2-8,17,21H,9-11,20H2,1H3. The quantitative estimate of drug-likeness (QED) is 0.911. The van der Waals surface area contributed by atoms with Crippen LogP contribution < -0.4 is 5.73 Å². The summed E-state index contributed by atoms with van der Waals surface area (Å²) in [6, 6.07) is 12.8. The molecule has 3 N–H and O–H groups in total. The average Bonchev–Trinajstić information content (AvgIpc) is 2.86. The van der Waals surface area contributed by atoms with E-state index in [1.54, 1.807) is 6.07 Å². The summed E-state index contributed by atoms with van der Waals surface area (Å²) in [6.45, 7) is 2.23. The van der Waals surface area contributed by atoms with Crippen LogP contribution >= 0.6 is 0 Å². The topological polar surface area (TPSA) is 46.2 Å². The molecule has 1 aliphatic rings. The lowest BCUT2D eigenvalue weighted by Crippen LogP contribution is -2.38. The van der Waals surface area contributed by atoms with E-state index in [-0.39, 0.29) is 5.82 Å². The van der Waals surface area contributed by atoms with Crippen molar-refractivity contribution in [1.82, 2.24) is 0 Å². The number of halogens is 1. The molecule has 0 spiro atoms. The van der Waals surface area contributed by atoms with Gasteiger partial charge < -0.3 is 10.8 Å². The van der Waals surface area contributed by atoms with Gasteiger partial charge >= 0.3 is 0 Å². The first-order valence-corrected chi connectivity index (χ1v) is 7.27. The number of benzene rings is 2. The van der Waals surface area contributed by atoms with Gasteiger partial charge in [-0.2, -0.15) is 0 Å². The molecule has 1 unspecified atom stereocenters. The molecule has 3 heteroatoms. The van der Waals surface area contributed by atoms with E-state index in [4.69, 9.17) is 5.73 Å². The third kappa shape index (κ3) is 2.37. The maximum atomic E-state index is 13.3. The van der Waals surface area contributed by atoms with E-state index in [1.165, 1.54) is 23.3 Å². The molecule has 0 saturated heterocycles. The maximum Gasteiger partial charge on any atom is 0.123 e. The van der Waals surface area contributed by atoms with Crippen LogP contribution in [0.25, 0.3) is 0 Å². The summed E-state index contributed by atoms with van der Waals surface area (Å²) in [4.78, 5) is 0. The smallest absolute Gasteiger partial charge is 0.123 e. The molecule has 110 valence electrons. The minimum absolute atomic E-state index is 0.278. The van der Waals surface area contributed by atoms with Crippen molar-refractivity contribution in [3.05, 3.63) is 70.5 Å². The van der Waals surface area contributed by atoms with Crippen LogP contribution in [0, 0.1) is 18.2 Å². The minimum Gasteiger partial charge on any atom is -0.388 e. The van der Waals surface area contributed by atoms with Crippen molar-refractivity contribution in [1.29, 1.82) is 0 Å². The Bertz CT molecular complexity index is 643. The SMILES string of the molecule is Cc1cc(F)ccc1C(O)C1(CN)Cc2ccccc2C1. The lowest BCUT2D eigenvalue weighted by molar-refractivity contribution is 0.0353. The van der Waals surface area contributed by atoms with Crippen LogP contribution in [0.2, 0.25) is 0 Å². The number of aryl methyl sites for hydroxylation is 1. The summed E-state index contributed by atoms with van der Waals surface area (Å²) < 4.78 is 13.3. The molecular weight excluding hydrogens is 265 g/mol. The fraction of sp³-hybridized carbons (Fsp3) is 0.333. The van der Waals surface area contributed by atoms with Gasteiger partial charge in [-0.25, -0.2) is 4.39 Å². The van der Waals surface area contributed by atoms with Crippen molar-refractivity contribution >= 4 is 0 Å². The third-order valence-corrected chi connectivity index (χ3v) is 4.72. The summed E-state index contributed by atoms with van der Waals surface area (Å²) in [5, 5.41) is 10.9. The van der Waals surface area contributed by atoms with Gasteiger partial charge in [0.25, 0.3) is 0 Å². The minimum atomic E-state index is -0.685. The molecule has 2 nitrogen and oxygen atoms in total. The Balaban J connectivity index is 1.98. The van der Waals surface area contributed by atoms with Gasteiger partial charge in [-0.15, -0.1) is 0 Å². The fourth-order valence-corrected chi connectivity index (χ4v) is 3.45. The number of fused-ring (bicyclic) bond motifs is 1. The van der Waals surface area contributed by atoms with E-state index < -0.39 is 11.5 Å². The lowest BCUT2D eigenvalue weighted by atomic mass is 9.75. The Morgan fingerprint density at radius 1 is 1.19 bits per heavy atom. The molecule has 0 fully saturated rings. The number of hydrogen-bond acceptors (Lipinski definition) is 2. The van der Waals surface area contributed by atoms with E-state index in [2.05, 4.69) is 12.1 Å². The van der Waals surface area contributed by atoms with Crippen LogP contribution in [0.3, 0.4) is 0 Å². The lowest BCUT2D eigenvalue weighted by Gasteiger charge is -2.34. The number of aliphatic hydroxyl groups excluding tert-OH is 1. The predicted octanol–water partition coefficient (Wildman–Crippen LogP) is 2.91. The highest BCUT2D eigenvalue weighted by molar-refractivity contribution is 5.38. The number of rotatable bonds is 3. The zero-order valence-corrected chi connectivity index (χ0v) is 12.1. The van der Waals surface area contributed by atoms with Crippen LogP contribution in [-0.2, 0) is 12.8 Å². The van der Waals surface area contributed by atoms with Crippen molar-refractivity contribution in [2.75, 3.05) is 6.54 Å². The molecule has 2 aromatic carbocycles. The van der Waals surface area contributed by atoms with Crippen molar-refractivity contribution in [2.24, 2.45) is 11.1 Å². The van der Waals surface area contributed by atoms with Crippen molar-refractivity contribution in [3.8, 4) is 0 Å². The largest absolute Gasteiger partial charge is 0.388 e. The highest BCUT2D eigenvalue weighted by Crippen LogP contribution is 2.45. The Kier molecular flexibility index (Phi) is 3.56. The third-order valence-electron chi connectivity index (χ3n) is 4.72. The van der Waals surface area contributed by atoms with Gasteiger partial charge in [0.2, 0.25) is 0 Å². The van der Waals surface area contributed by atoms with Gasteiger partial charge in [-0.3, -0.25) is 0 Å². The van der Waals surface area contributed by atoms with Gasteiger partial charge in [0.15, 0.2) is 0 Å². The summed E-state index contributed by atoms with van der Waals surface area (Å²) in [6.07, 6.45) is 0.838. The molecule has 0 heterocycles. The van der Waals surface area contributed by atoms with Crippen LogP contribution in [0.5, 0.6) is 0 Å². The number of hydrogen-bond donors (Lipinski definition) is 2. The van der Waals surface area contributed by atoms with E-state index >= 15 is 0 Å². The van der Waals surface area contributed by atoms with Gasteiger partial charge in [0.1, 0.15) is 5.82 Å². The second-order valence-electron chi connectivity index (χ2n) is 6.09. The zero-order valence-electron chi connectivity index (χ0n) is 12.1. The Morgan fingerprint density at radius 3 is 2.33 bits per heavy atom. The number of aliphatic hydroxyl groups is 1. The Morgan fingerprint density at radius 2 is 1.81 bits per heavy atom. The van der Waals surface area contributed by atoms with E-state index in [0.717, 1.165) is 24.0 Å². The maximum absolute atomic E-state index is 13.3. The molecule has 21 heavy (non-hydrogen) atoms. The fourth-order valence-electron chi connectivity index (χ4n) is 3.45. The Labute approximate surface area is 124 Å². The van der Waals surface area contributed by atoms with Gasteiger partial charge in [0, 0.05) is 12.0 Å². The average molecular weight is 285 g/mol. The first kappa shape index (κ1) is 14.2. The van der Waals surface area contributed by atoms with Crippen molar-refractivity contribution < 1.29 is 9.50 Å². The molecule has 0 saturated carbocycles. The second-order valence-corrected chi connectivity index (χ2v) is 6.09. The normalized spacial score (nSPS) is 17.5. The first-order chi connectivity index (χ1) is 10.1. The summed E-state index contributed by atoms with van der Waals surface area (Å²) in [5.74, 6) is -0.278. The van der Waals surface area contributed by atoms with Gasteiger partial charge in [0.05, 0.1) is 6.10 Å². The second kappa shape index (κ2) is 5.24. The highest BCUT2D eigenvalue weighted by atomic mass is 19.1. The highest BCUT2D eigenvalue weighted by Gasteiger charge is 2.43. The zero-order chi connectivity index (χ0) is 15.0. The molecule has 0 aromatic heterocycles. The van der Waals surface area contributed by atoms with E-state index in [9.17, 15) is 9.50 Å². The van der Waals surface area contributed by atoms with Crippen LogP contribution in [0.1, 0.15) is 28.4 Å².